The highest BCUT2D eigenvalue weighted by Gasteiger charge is 2.06. The van der Waals surface area contributed by atoms with Crippen molar-refractivity contribution in [2.45, 2.75) is 58.0 Å². The van der Waals surface area contributed by atoms with E-state index in [2.05, 4.69) is 30.2 Å². The van der Waals surface area contributed by atoms with Gasteiger partial charge in [-0.3, -0.25) is 0 Å². The lowest BCUT2D eigenvalue weighted by molar-refractivity contribution is 0.441. The first kappa shape index (κ1) is 14.2. The summed E-state index contributed by atoms with van der Waals surface area (Å²) in [4.78, 5) is 0. The molecule has 1 aliphatic rings. The summed E-state index contributed by atoms with van der Waals surface area (Å²) in [6.07, 6.45) is 6.66. The van der Waals surface area contributed by atoms with Crippen LogP contribution in [0.25, 0.3) is 0 Å². The molecule has 1 saturated carbocycles. The van der Waals surface area contributed by atoms with Gasteiger partial charge in [0, 0.05) is 12.1 Å². The van der Waals surface area contributed by atoms with E-state index in [4.69, 9.17) is 5.73 Å². The van der Waals surface area contributed by atoms with Gasteiger partial charge in [0.05, 0.1) is 0 Å². The number of thiocarbonyl (C=S) groups is 1. The van der Waals surface area contributed by atoms with Gasteiger partial charge in [-0.15, -0.1) is 12.6 Å². The first-order chi connectivity index (χ1) is 6.52. The van der Waals surface area contributed by atoms with E-state index in [1.165, 1.54) is 32.1 Å². The van der Waals surface area contributed by atoms with Crippen molar-refractivity contribution in [3.05, 3.63) is 0 Å². The molecule has 1 aliphatic carbocycles. The molecule has 0 unspecified atom stereocenters. The normalized spacial score (nSPS) is 17.2. The van der Waals surface area contributed by atoms with Crippen molar-refractivity contribution < 1.29 is 0 Å². The lowest BCUT2D eigenvalue weighted by Gasteiger charge is -2.15. The second kappa shape index (κ2) is 8.50. The summed E-state index contributed by atoms with van der Waals surface area (Å²) >= 11 is 8.48. The van der Waals surface area contributed by atoms with Gasteiger partial charge < -0.3 is 11.1 Å². The molecule has 1 fully saturated rings. The number of thiol groups is 1. The van der Waals surface area contributed by atoms with Crippen LogP contribution in [0.2, 0.25) is 0 Å². The molecule has 0 radical (unpaired) electrons. The van der Waals surface area contributed by atoms with Crippen molar-refractivity contribution >= 4 is 29.2 Å². The van der Waals surface area contributed by atoms with E-state index in [0.29, 0.717) is 16.4 Å². The molecule has 0 aromatic rings. The van der Waals surface area contributed by atoms with Crippen LogP contribution in [0.4, 0.5) is 0 Å². The van der Waals surface area contributed by atoms with E-state index in [1.54, 1.807) is 0 Å². The Kier molecular flexibility index (Phi) is 8.63. The standard InChI is InChI=1S/C6H13N.C4H9NS2/c7-6-4-2-1-3-5-6;1-3(2)5-4(6)7/h6H,1-5,7H2;3H,1-2H3,(H2,5,6,7). The highest BCUT2D eigenvalue weighted by atomic mass is 32.1. The molecular weight excluding hydrogens is 212 g/mol. The highest BCUT2D eigenvalue weighted by Crippen LogP contribution is 2.14. The maximum absolute atomic E-state index is 5.63. The molecule has 0 aliphatic heterocycles. The molecule has 0 atom stereocenters. The van der Waals surface area contributed by atoms with Crippen LogP contribution in [-0.4, -0.2) is 16.4 Å². The van der Waals surface area contributed by atoms with E-state index in [9.17, 15) is 0 Å². The highest BCUT2D eigenvalue weighted by molar-refractivity contribution is 8.11. The zero-order valence-electron chi connectivity index (χ0n) is 9.12. The third-order valence-electron chi connectivity index (χ3n) is 2.06. The molecule has 14 heavy (non-hydrogen) atoms. The molecule has 0 aromatic carbocycles. The van der Waals surface area contributed by atoms with Gasteiger partial charge in [0.15, 0.2) is 0 Å². The molecule has 0 heterocycles. The van der Waals surface area contributed by atoms with E-state index in [1.807, 2.05) is 13.8 Å². The van der Waals surface area contributed by atoms with Crippen molar-refractivity contribution in [2.75, 3.05) is 0 Å². The Morgan fingerprint density at radius 1 is 1.36 bits per heavy atom. The Morgan fingerprint density at radius 2 is 1.86 bits per heavy atom. The lowest BCUT2D eigenvalue weighted by atomic mass is 9.97. The summed E-state index contributed by atoms with van der Waals surface area (Å²) in [5.74, 6) is 0. The largest absolute Gasteiger partial charge is 0.369 e. The average molecular weight is 234 g/mol. The van der Waals surface area contributed by atoms with Crippen molar-refractivity contribution in [1.29, 1.82) is 0 Å². The summed E-state index contributed by atoms with van der Waals surface area (Å²) in [6, 6.07) is 0.943. The van der Waals surface area contributed by atoms with Gasteiger partial charge in [0.1, 0.15) is 4.32 Å². The van der Waals surface area contributed by atoms with Crippen LogP contribution < -0.4 is 11.1 Å². The zero-order chi connectivity index (χ0) is 11.0. The molecular formula is C10H22N2S2. The predicted molar refractivity (Wildman–Crippen MR) is 70.9 cm³/mol. The summed E-state index contributed by atoms with van der Waals surface area (Å²) in [5.41, 5.74) is 5.63. The second-order valence-electron chi connectivity index (χ2n) is 4.00. The Balaban J connectivity index is 0.000000241. The SMILES string of the molecule is CC(C)NC(=S)S.NC1CCCCC1. The van der Waals surface area contributed by atoms with Crippen LogP contribution in [-0.2, 0) is 0 Å². The first-order valence-corrected chi connectivity index (χ1v) is 6.13. The minimum atomic E-state index is 0.407. The van der Waals surface area contributed by atoms with E-state index >= 15 is 0 Å². The van der Waals surface area contributed by atoms with Crippen LogP contribution in [0.15, 0.2) is 0 Å². The number of nitrogens with two attached hydrogens (primary N) is 1. The number of rotatable bonds is 1. The predicted octanol–water partition coefficient (Wildman–Crippen LogP) is 2.48. The van der Waals surface area contributed by atoms with Crippen molar-refractivity contribution in [3.63, 3.8) is 0 Å². The topological polar surface area (TPSA) is 38.0 Å². The van der Waals surface area contributed by atoms with Crippen LogP contribution in [0.5, 0.6) is 0 Å². The fourth-order valence-electron chi connectivity index (χ4n) is 1.38. The van der Waals surface area contributed by atoms with Crippen LogP contribution >= 0.6 is 24.8 Å². The second-order valence-corrected chi connectivity index (χ2v) is 5.16. The zero-order valence-corrected chi connectivity index (χ0v) is 10.8. The van der Waals surface area contributed by atoms with Crippen LogP contribution in [0.1, 0.15) is 46.0 Å². The molecule has 0 amide bonds. The van der Waals surface area contributed by atoms with Gasteiger partial charge in [-0.1, -0.05) is 31.5 Å². The molecule has 2 nitrogen and oxygen atoms in total. The van der Waals surface area contributed by atoms with Crippen LogP contribution in [0, 0.1) is 0 Å². The quantitative estimate of drug-likeness (QED) is 0.482. The molecule has 4 heteroatoms. The van der Waals surface area contributed by atoms with E-state index < -0.39 is 0 Å². The van der Waals surface area contributed by atoms with Crippen molar-refractivity contribution in [1.82, 2.24) is 5.32 Å². The maximum Gasteiger partial charge on any atom is 0.130 e. The van der Waals surface area contributed by atoms with Crippen molar-refractivity contribution in [3.8, 4) is 0 Å². The Labute approximate surface area is 98.4 Å². The van der Waals surface area contributed by atoms with Gasteiger partial charge in [-0.2, -0.15) is 0 Å². The third kappa shape index (κ3) is 10.3. The molecule has 84 valence electrons. The summed E-state index contributed by atoms with van der Waals surface area (Å²) in [7, 11) is 0. The van der Waals surface area contributed by atoms with Gasteiger partial charge in [-0.05, 0) is 26.7 Å². The Bertz CT molecular complexity index is 154. The molecule has 3 N–H and O–H groups in total. The smallest absolute Gasteiger partial charge is 0.130 e. The van der Waals surface area contributed by atoms with Gasteiger partial charge in [0.25, 0.3) is 0 Å². The average Bonchev–Trinajstić information content (AvgIpc) is 2.03. The monoisotopic (exact) mass is 234 g/mol. The number of hydrogen-bond acceptors (Lipinski definition) is 2. The van der Waals surface area contributed by atoms with Gasteiger partial charge in [-0.25, -0.2) is 0 Å². The minimum Gasteiger partial charge on any atom is -0.369 e. The number of hydrogen-bond donors (Lipinski definition) is 3. The molecule has 1 rings (SSSR count). The lowest BCUT2D eigenvalue weighted by Crippen LogP contribution is -2.24. The minimum absolute atomic E-state index is 0.407. The molecule has 0 spiro atoms. The molecule has 0 aromatic heterocycles. The maximum atomic E-state index is 5.63. The Morgan fingerprint density at radius 3 is 2.00 bits per heavy atom. The van der Waals surface area contributed by atoms with E-state index in [-0.39, 0.29) is 0 Å². The third-order valence-corrected chi connectivity index (χ3v) is 2.31. The first-order valence-electron chi connectivity index (χ1n) is 5.27. The van der Waals surface area contributed by atoms with Gasteiger partial charge >= 0.3 is 0 Å². The fourth-order valence-corrected chi connectivity index (χ4v) is 1.88. The van der Waals surface area contributed by atoms with Crippen LogP contribution in [0.3, 0.4) is 0 Å². The fraction of sp³-hybridized carbons (Fsp3) is 0.900. The number of nitrogens with one attached hydrogen (secondary N) is 1. The van der Waals surface area contributed by atoms with Crippen molar-refractivity contribution in [2.24, 2.45) is 5.73 Å². The summed E-state index contributed by atoms with van der Waals surface area (Å²) in [6.45, 7) is 4.03. The molecule has 0 bridgehead atoms. The van der Waals surface area contributed by atoms with E-state index in [0.717, 1.165) is 0 Å². The Hall–Kier alpha value is 0.200. The van der Waals surface area contributed by atoms with Gasteiger partial charge in [0.2, 0.25) is 0 Å². The molecule has 0 saturated heterocycles. The summed E-state index contributed by atoms with van der Waals surface area (Å²) < 4.78 is 0.565. The summed E-state index contributed by atoms with van der Waals surface area (Å²) in [5, 5.41) is 2.90.